The van der Waals surface area contributed by atoms with Gasteiger partial charge < -0.3 is 19.0 Å². The summed E-state index contributed by atoms with van der Waals surface area (Å²) in [6.07, 6.45) is 0. The third-order valence-corrected chi connectivity index (χ3v) is 9.59. The molecule has 0 radical (unpaired) electrons. The van der Waals surface area contributed by atoms with Crippen LogP contribution in [0.3, 0.4) is 0 Å². The van der Waals surface area contributed by atoms with Crippen molar-refractivity contribution in [3.63, 3.8) is 0 Å². The van der Waals surface area contributed by atoms with E-state index in [1.54, 1.807) is 0 Å². The summed E-state index contributed by atoms with van der Waals surface area (Å²) in [6.45, 7) is 3.44. The molecule has 1 aliphatic heterocycles. The Kier molecular flexibility index (Phi) is 6.58. The SMILES string of the molecule is CCOB(O)c1cc(-c2cccc3ccccc23)c2ccc3c(B4OCCO4)cc(-c4cccc5ccccc45)c4ccc1c2c34. The molecule has 0 aliphatic carbocycles. The predicted molar refractivity (Wildman–Crippen MR) is 193 cm³/mol. The summed E-state index contributed by atoms with van der Waals surface area (Å²) in [4.78, 5) is 0. The normalized spacial score (nSPS) is 13.7. The van der Waals surface area contributed by atoms with E-state index in [0.717, 1.165) is 59.9 Å². The van der Waals surface area contributed by atoms with E-state index in [9.17, 15) is 5.02 Å². The lowest BCUT2D eigenvalue weighted by molar-refractivity contribution is 0.287. The number of hydrogen-bond acceptors (Lipinski definition) is 4. The molecule has 0 aromatic heterocycles. The molecule has 220 valence electrons. The lowest BCUT2D eigenvalue weighted by atomic mass is 9.70. The molecule has 1 saturated heterocycles. The maximum Gasteiger partial charge on any atom is 0.494 e. The molecule has 4 nitrogen and oxygen atoms in total. The minimum absolute atomic E-state index is 0.401. The lowest BCUT2D eigenvalue weighted by Gasteiger charge is -2.22. The molecule has 1 N–H and O–H groups in total. The van der Waals surface area contributed by atoms with Crippen LogP contribution in [0.5, 0.6) is 0 Å². The fourth-order valence-corrected chi connectivity index (χ4v) is 7.60. The number of rotatable bonds is 6. The summed E-state index contributed by atoms with van der Waals surface area (Å²) in [5, 5.41) is 22.8. The Hall–Kier alpha value is -4.71. The Labute approximate surface area is 267 Å². The van der Waals surface area contributed by atoms with E-state index in [2.05, 4.69) is 121 Å². The first-order valence-electron chi connectivity index (χ1n) is 16.0. The van der Waals surface area contributed by atoms with Crippen LogP contribution in [0.4, 0.5) is 0 Å². The van der Waals surface area contributed by atoms with Crippen LogP contribution in [0.15, 0.2) is 121 Å². The van der Waals surface area contributed by atoms with Crippen molar-refractivity contribution in [1.29, 1.82) is 0 Å². The molecule has 8 aromatic rings. The Balaban J connectivity index is 1.46. The fraction of sp³-hybridized carbons (Fsp3) is 0.100. The number of fused-ring (bicyclic) bond motifs is 2. The van der Waals surface area contributed by atoms with E-state index >= 15 is 0 Å². The van der Waals surface area contributed by atoms with Crippen molar-refractivity contribution in [3.8, 4) is 22.3 Å². The molecule has 0 atom stereocenters. The Bertz CT molecular complexity index is 2420. The van der Waals surface area contributed by atoms with Gasteiger partial charge in [-0.3, -0.25) is 0 Å². The van der Waals surface area contributed by atoms with E-state index < -0.39 is 14.2 Å². The van der Waals surface area contributed by atoms with Crippen molar-refractivity contribution in [2.45, 2.75) is 6.92 Å². The van der Waals surface area contributed by atoms with E-state index in [-0.39, 0.29) is 0 Å². The third kappa shape index (κ3) is 4.19. The largest absolute Gasteiger partial charge is 0.494 e. The first-order valence-corrected chi connectivity index (χ1v) is 16.0. The highest BCUT2D eigenvalue weighted by atomic mass is 16.6. The highest BCUT2D eigenvalue weighted by Gasteiger charge is 2.32. The van der Waals surface area contributed by atoms with Crippen LogP contribution in [0.25, 0.3) is 76.1 Å². The van der Waals surface area contributed by atoms with E-state index in [4.69, 9.17) is 14.0 Å². The molecule has 8 aromatic carbocycles. The van der Waals surface area contributed by atoms with E-state index in [1.165, 1.54) is 27.1 Å². The Morgan fingerprint density at radius 2 is 1.11 bits per heavy atom. The van der Waals surface area contributed by atoms with E-state index in [0.29, 0.717) is 19.8 Å². The van der Waals surface area contributed by atoms with Gasteiger partial charge in [0.2, 0.25) is 0 Å². The van der Waals surface area contributed by atoms with Crippen LogP contribution in [0.1, 0.15) is 6.92 Å². The molecule has 0 unspecified atom stereocenters. The van der Waals surface area contributed by atoms with Gasteiger partial charge in [-0.15, -0.1) is 0 Å². The Morgan fingerprint density at radius 1 is 0.587 bits per heavy atom. The zero-order chi connectivity index (χ0) is 30.8. The topological polar surface area (TPSA) is 47.9 Å². The van der Waals surface area contributed by atoms with Crippen LogP contribution < -0.4 is 10.9 Å². The molecule has 46 heavy (non-hydrogen) atoms. The first-order chi connectivity index (χ1) is 22.7. The second-order valence-electron chi connectivity index (χ2n) is 12.0. The van der Waals surface area contributed by atoms with Gasteiger partial charge in [0, 0.05) is 6.61 Å². The minimum atomic E-state index is -1.07. The van der Waals surface area contributed by atoms with Crippen LogP contribution >= 0.6 is 0 Å². The van der Waals surface area contributed by atoms with Crippen LogP contribution in [0, 0.1) is 0 Å². The molecule has 1 fully saturated rings. The predicted octanol–water partition coefficient (Wildman–Crippen LogP) is 7.69. The minimum Gasteiger partial charge on any atom is -0.423 e. The standard InChI is InChI=1S/C40H30B2O4/c1-2-44-41(43)37-23-35(29-15-7-11-25-9-3-5-13-27(25)29)31-18-20-34-38(42-45-21-22-46-42)24-36(32-17-19-33(37)39(31)40(32)34)30-16-8-12-26-10-4-6-14-28(26)30/h3-20,23-24,43H,2,21-22H2,1H3. The molecule has 1 aliphatic rings. The highest BCUT2D eigenvalue weighted by Crippen LogP contribution is 2.44. The Morgan fingerprint density at radius 3 is 1.74 bits per heavy atom. The summed E-state index contributed by atoms with van der Waals surface area (Å²) in [6, 6.07) is 43.2. The van der Waals surface area contributed by atoms with Gasteiger partial charge in [0.25, 0.3) is 0 Å². The molecule has 9 rings (SSSR count). The molecule has 1 heterocycles. The van der Waals surface area contributed by atoms with Gasteiger partial charge in [0.05, 0.1) is 13.2 Å². The molecular formula is C40H30B2O4. The molecule has 0 amide bonds. The van der Waals surface area contributed by atoms with Crippen molar-refractivity contribution in [2.24, 2.45) is 0 Å². The van der Waals surface area contributed by atoms with Gasteiger partial charge in [0.15, 0.2) is 0 Å². The third-order valence-electron chi connectivity index (χ3n) is 9.59. The smallest absolute Gasteiger partial charge is 0.423 e. The zero-order valence-electron chi connectivity index (χ0n) is 25.5. The van der Waals surface area contributed by atoms with Gasteiger partial charge >= 0.3 is 14.2 Å². The quantitative estimate of drug-likeness (QED) is 0.158. The van der Waals surface area contributed by atoms with Gasteiger partial charge in [-0.25, -0.2) is 0 Å². The van der Waals surface area contributed by atoms with Crippen molar-refractivity contribution >= 4 is 79.0 Å². The summed E-state index contributed by atoms with van der Waals surface area (Å²) in [5.74, 6) is 0. The van der Waals surface area contributed by atoms with Gasteiger partial charge in [-0.05, 0) is 94.0 Å². The summed E-state index contributed by atoms with van der Waals surface area (Å²) < 4.78 is 18.2. The van der Waals surface area contributed by atoms with Crippen LogP contribution in [-0.4, -0.2) is 39.1 Å². The maximum atomic E-state index is 11.5. The lowest BCUT2D eigenvalue weighted by Crippen LogP contribution is -2.35. The molecule has 6 heteroatoms. The van der Waals surface area contributed by atoms with Gasteiger partial charge in [-0.1, -0.05) is 121 Å². The molecule has 0 spiro atoms. The summed E-state index contributed by atoms with van der Waals surface area (Å²) >= 11 is 0. The monoisotopic (exact) mass is 596 g/mol. The molecule has 0 bridgehead atoms. The average Bonchev–Trinajstić information content (AvgIpc) is 3.65. The second kappa shape index (κ2) is 11.0. The van der Waals surface area contributed by atoms with Gasteiger partial charge in [0.1, 0.15) is 0 Å². The zero-order valence-corrected chi connectivity index (χ0v) is 25.5. The maximum absolute atomic E-state index is 11.5. The number of hydrogen-bond donors (Lipinski definition) is 1. The van der Waals surface area contributed by atoms with Crippen molar-refractivity contribution in [1.82, 2.24) is 0 Å². The summed E-state index contributed by atoms with van der Waals surface area (Å²) in [7, 11) is -1.52. The molecule has 0 saturated carbocycles. The van der Waals surface area contributed by atoms with Gasteiger partial charge in [-0.2, -0.15) is 0 Å². The van der Waals surface area contributed by atoms with Crippen molar-refractivity contribution < 1.29 is 19.0 Å². The van der Waals surface area contributed by atoms with Crippen molar-refractivity contribution in [3.05, 3.63) is 121 Å². The first kappa shape index (κ1) is 27.6. The highest BCUT2D eigenvalue weighted by molar-refractivity contribution is 6.67. The number of benzene rings is 8. The van der Waals surface area contributed by atoms with E-state index in [1.807, 2.05) is 6.92 Å². The van der Waals surface area contributed by atoms with Crippen molar-refractivity contribution in [2.75, 3.05) is 19.8 Å². The van der Waals surface area contributed by atoms with Crippen LogP contribution in [0.2, 0.25) is 0 Å². The average molecular weight is 596 g/mol. The second-order valence-corrected chi connectivity index (χ2v) is 12.0. The van der Waals surface area contributed by atoms with Crippen LogP contribution in [-0.2, 0) is 14.0 Å². The fourth-order valence-electron chi connectivity index (χ4n) is 7.60. The summed E-state index contributed by atoms with van der Waals surface area (Å²) in [5.41, 5.74) is 6.27. The molecular weight excluding hydrogens is 566 g/mol.